The molecule has 0 aliphatic carbocycles. The van der Waals surface area contributed by atoms with Crippen molar-refractivity contribution in [1.29, 1.82) is 0 Å². The average molecular weight is 453 g/mol. The van der Waals surface area contributed by atoms with Gasteiger partial charge in [0, 0.05) is 40.9 Å². The first kappa shape index (κ1) is 22.2. The molecule has 1 saturated heterocycles. The van der Waals surface area contributed by atoms with Crippen molar-refractivity contribution < 1.29 is 19.7 Å². The van der Waals surface area contributed by atoms with Crippen LogP contribution < -0.4 is 11.2 Å². The maximum atomic E-state index is 12.8. The number of aromatic hydroxyl groups is 2. The number of aliphatic hydroxyl groups is 1. The molecule has 4 rings (SSSR count). The number of hydrogen-bond acceptors (Lipinski definition) is 7. The van der Waals surface area contributed by atoms with Crippen molar-refractivity contribution in [1.82, 2.24) is 4.90 Å². The Hall–Kier alpha value is -2.45. The molecule has 2 atom stereocenters. The number of nitrogens with zero attached hydrogens (tertiary/aromatic N) is 1. The summed E-state index contributed by atoms with van der Waals surface area (Å²) in [4.78, 5) is 14.8. The number of phenolic OH excluding ortho intramolecular Hbond substituents is 2. The lowest BCUT2D eigenvalue weighted by molar-refractivity contribution is 0.172. The van der Waals surface area contributed by atoms with Gasteiger partial charge in [-0.2, -0.15) is 0 Å². The lowest BCUT2D eigenvalue weighted by Crippen LogP contribution is -2.32. The third-order valence-corrected chi connectivity index (χ3v) is 5.95. The summed E-state index contributed by atoms with van der Waals surface area (Å²) in [5.41, 5.74) is 6.71. The fourth-order valence-electron chi connectivity index (χ4n) is 4.16. The molecule has 1 aromatic heterocycles. The monoisotopic (exact) mass is 452 g/mol. The summed E-state index contributed by atoms with van der Waals surface area (Å²) in [6, 6.07) is 6.99. The highest BCUT2D eigenvalue weighted by Gasteiger charge is 2.36. The van der Waals surface area contributed by atoms with Gasteiger partial charge >= 0.3 is 0 Å². The summed E-state index contributed by atoms with van der Waals surface area (Å²) >= 11 is 6.28. The predicted molar refractivity (Wildman–Crippen MR) is 119 cm³/mol. The van der Waals surface area contributed by atoms with Gasteiger partial charge < -0.3 is 30.4 Å². The van der Waals surface area contributed by atoms with Crippen LogP contribution in [0.25, 0.3) is 22.3 Å². The van der Waals surface area contributed by atoms with Crippen LogP contribution >= 0.6 is 24.0 Å². The van der Waals surface area contributed by atoms with Crippen molar-refractivity contribution >= 4 is 40.7 Å². The minimum atomic E-state index is -0.459. The van der Waals surface area contributed by atoms with E-state index in [1.807, 2.05) is 11.9 Å². The molecule has 3 aromatic rings. The molecule has 0 spiro atoms. The minimum Gasteiger partial charge on any atom is -0.507 e. The van der Waals surface area contributed by atoms with E-state index in [4.69, 9.17) is 21.8 Å². The maximum absolute atomic E-state index is 12.8. The molecule has 1 aliphatic heterocycles. The van der Waals surface area contributed by atoms with Gasteiger partial charge in [0.1, 0.15) is 28.2 Å². The van der Waals surface area contributed by atoms with Gasteiger partial charge in [0.05, 0.1) is 11.6 Å². The molecule has 0 bridgehead atoms. The van der Waals surface area contributed by atoms with Gasteiger partial charge in [0.2, 0.25) is 0 Å². The molecular formula is C21H22Cl2N2O5. The third-order valence-electron chi connectivity index (χ3n) is 5.64. The molecule has 1 fully saturated rings. The van der Waals surface area contributed by atoms with Gasteiger partial charge in [0.15, 0.2) is 5.43 Å². The molecule has 5 N–H and O–H groups in total. The van der Waals surface area contributed by atoms with E-state index in [9.17, 15) is 20.1 Å². The van der Waals surface area contributed by atoms with Crippen molar-refractivity contribution in [2.75, 3.05) is 25.9 Å². The largest absolute Gasteiger partial charge is 0.507 e. The van der Waals surface area contributed by atoms with E-state index in [2.05, 4.69) is 0 Å². The highest BCUT2D eigenvalue weighted by molar-refractivity contribution is 6.33. The Labute approximate surface area is 183 Å². The minimum absolute atomic E-state index is 0. The van der Waals surface area contributed by atoms with Crippen LogP contribution in [-0.2, 0) is 0 Å². The van der Waals surface area contributed by atoms with Crippen molar-refractivity contribution in [2.45, 2.75) is 18.4 Å². The van der Waals surface area contributed by atoms with Crippen LogP contribution in [0.1, 0.15) is 17.9 Å². The molecule has 2 unspecified atom stereocenters. The summed E-state index contributed by atoms with van der Waals surface area (Å²) in [5, 5.41) is 31.1. The fourth-order valence-corrected chi connectivity index (χ4v) is 4.44. The second kappa shape index (κ2) is 8.35. The molecule has 2 aromatic carbocycles. The average Bonchev–Trinajstić information content (AvgIpc) is 3.01. The number of phenols is 2. The molecule has 2 heterocycles. The number of fused-ring (bicyclic) bond motifs is 1. The second-order valence-electron chi connectivity index (χ2n) is 7.37. The maximum Gasteiger partial charge on any atom is 0.197 e. The summed E-state index contributed by atoms with van der Waals surface area (Å²) in [6.45, 7) is 0.599. The van der Waals surface area contributed by atoms with Gasteiger partial charge in [0.25, 0.3) is 0 Å². The van der Waals surface area contributed by atoms with Crippen molar-refractivity contribution in [3.63, 3.8) is 0 Å². The van der Waals surface area contributed by atoms with Crippen LogP contribution in [0.5, 0.6) is 11.5 Å². The number of nitrogen functional groups attached to an aromatic ring is 1. The van der Waals surface area contributed by atoms with Gasteiger partial charge in [-0.15, -0.1) is 12.4 Å². The summed E-state index contributed by atoms with van der Waals surface area (Å²) in [6.07, 6.45) is 0.658. The molecule has 0 saturated carbocycles. The number of nitrogens with two attached hydrogens (primary N) is 1. The fraction of sp³-hybridized carbons (Fsp3) is 0.286. The smallest absolute Gasteiger partial charge is 0.197 e. The number of likely N-dealkylation sites (N-methyl/N-ethyl adjacent to an activating group) is 1. The molecule has 0 amide bonds. The Morgan fingerprint density at radius 1 is 1.23 bits per heavy atom. The molecule has 1 aliphatic rings. The van der Waals surface area contributed by atoms with Crippen LogP contribution in [-0.4, -0.2) is 46.5 Å². The van der Waals surface area contributed by atoms with E-state index in [0.717, 1.165) is 6.07 Å². The molecule has 9 heteroatoms. The van der Waals surface area contributed by atoms with Crippen molar-refractivity contribution in [3.8, 4) is 22.8 Å². The zero-order valence-electron chi connectivity index (χ0n) is 16.1. The first-order chi connectivity index (χ1) is 13.8. The van der Waals surface area contributed by atoms with Crippen LogP contribution in [0.2, 0.25) is 5.02 Å². The van der Waals surface area contributed by atoms with E-state index in [0.29, 0.717) is 34.8 Å². The number of likely N-dealkylation sites (tertiary alicyclic amines) is 1. The molecule has 30 heavy (non-hydrogen) atoms. The first-order valence-corrected chi connectivity index (χ1v) is 9.58. The van der Waals surface area contributed by atoms with Gasteiger partial charge in [-0.1, -0.05) is 11.6 Å². The highest BCUT2D eigenvalue weighted by Crippen LogP contribution is 2.44. The van der Waals surface area contributed by atoms with Crippen LogP contribution in [0.15, 0.2) is 39.5 Å². The summed E-state index contributed by atoms with van der Waals surface area (Å²) < 4.78 is 6.04. The predicted octanol–water partition coefficient (Wildman–Crippen LogP) is 3.31. The molecular weight excluding hydrogens is 431 g/mol. The first-order valence-electron chi connectivity index (χ1n) is 9.21. The Kier molecular flexibility index (Phi) is 6.19. The number of benzene rings is 2. The second-order valence-corrected chi connectivity index (χ2v) is 7.78. The molecule has 160 valence electrons. The number of aliphatic hydroxyl groups excluding tert-OH is 1. The van der Waals surface area contributed by atoms with Gasteiger partial charge in [-0.25, -0.2) is 0 Å². The zero-order valence-corrected chi connectivity index (χ0v) is 17.7. The Balaban J connectivity index is 0.00000256. The Morgan fingerprint density at radius 3 is 2.63 bits per heavy atom. The number of anilines is 1. The number of hydrogen-bond donors (Lipinski definition) is 4. The van der Waals surface area contributed by atoms with Crippen LogP contribution in [0, 0.1) is 0 Å². The van der Waals surface area contributed by atoms with E-state index in [1.165, 1.54) is 6.07 Å². The van der Waals surface area contributed by atoms with E-state index < -0.39 is 5.43 Å². The number of rotatable bonds is 3. The SMILES string of the molecule is CN1CCC(c2c(O)cc(O)c3c(=O)cc(-c4ccc(N)cc4Cl)oc23)C1CO.Cl. The van der Waals surface area contributed by atoms with E-state index >= 15 is 0 Å². The topological polar surface area (TPSA) is 120 Å². The summed E-state index contributed by atoms with van der Waals surface area (Å²) in [5.74, 6) is -0.617. The van der Waals surface area contributed by atoms with Gasteiger partial charge in [-0.3, -0.25) is 4.79 Å². The molecule has 0 radical (unpaired) electrons. The van der Waals surface area contributed by atoms with Crippen molar-refractivity contribution in [2.24, 2.45) is 0 Å². The van der Waals surface area contributed by atoms with Crippen LogP contribution in [0.4, 0.5) is 5.69 Å². The normalized spacial score (nSPS) is 19.2. The lowest BCUT2D eigenvalue weighted by atomic mass is 9.89. The summed E-state index contributed by atoms with van der Waals surface area (Å²) in [7, 11) is 1.89. The van der Waals surface area contributed by atoms with Crippen LogP contribution in [0.3, 0.4) is 0 Å². The highest BCUT2D eigenvalue weighted by atomic mass is 35.5. The third kappa shape index (κ3) is 3.58. The van der Waals surface area contributed by atoms with E-state index in [-0.39, 0.29) is 59.2 Å². The van der Waals surface area contributed by atoms with E-state index in [1.54, 1.807) is 18.2 Å². The Morgan fingerprint density at radius 2 is 1.97 bits per heavy atom. The van der Waals surface area contributed by atoms with Crippen molar-refractivity contribution in [3.05, 3.63) is 51.1 Å². The zero-order chi connectivity index (χ0) is 20.9. The standard InChI is InChI=1S/C21H21ClN2O5.ClH/c1-24-5-4-12(14(24)9-25)19-15(26)7-16(27)20-17(28)8-18(29-21(19)20)11-3-2-10(23)6-13(11)22;/h2-3,6-8,12,14,25-27H,4-5,9,23H2,1H3;1H. The quantitative estimate of drug-likeness (QED) is 0.449. The molecule has 7 nitrogen and oxygen atoms in total. The lowest BCUT2D eigenvalue weighted by Gasteiger charge is -2.24. The van der Waals surface area contributed by atoms with Gasteiger partial charge in [-0.05, 0) is 38.2 Å². The number of halogens is 2. The Bertz CT molecular complexity index is 1160.